The van der Waals surface area contributed by atoms with Gasteiger partial charge >= 0.3 is 6.03 Å². The Kier molecular flexibility index (Phi) is 4.22. The number of anilines is 1. The molecule has 0 bridgehead atoms. The summed E-state index contributed by atoms with van der Waals surface area (Å²) in [6.07, 6.45) is 3.33. The minimum absolute atomic E-state index is 0.0991. The highest BCUT2D eigenvalue weighted by Gasteiger charge is 2.36. The minimum Gasteiger partial charge on any atom is -0.348 e. The Bertz CT molecular complexity index is 852. The number of nitrogens with zero attached hydrogens (tertiary/aromatic N) is 2. The molecule has 1 fully saturated rings. The fourth-order valence-electron chi connectivity index (χ4n) is 2.48. The van der Waals surface area contributed by atoms with E-state index in [0.717, 1.165) is 4.90 Å². The summed E-state index contributed by atoms with van der Waals surface area (Å²) in [5, 5.41) is 2.67. The first-order chi connectivity index (χ1) is 11.5. The molecule has 1 aliphatic heterocycles. The molecule has 1 aromatic carbocycles. The molecule has 0 atom stereocenters. The van der Waals surface area contributed by atoms with Gasteiger partial charge in [-0.25, -0.2) is 9.69 Å². The SMILES string of the molecule is CCn1cccc1/C=C1\C(=O)NC(=O)N(c2ccc(Cl)cc2)C1=O. The van der Waals surface area contributed by atoms with E-state index in [0.29, 0.717) is 22.9 Å². The van der Waals surface area contributed by atoms with Crippen molar-refractivity contribution in [1.82, 2.24) is 9.88 Å². The topological polar surface area (TPSA) is 71.4 Å². The summed E-state index contributed by atoms with van der Waals surface area (Å²) < 4.78 is 1.89. The maximum absolute atomic E-state index is 12.7. The fraction of sp³-hybridized carbons (Fsp3) is 0.118. The molecule has 2 heterocycles. The Morgan fingerprint density at radius 2 is 1.83 bits per heavy atom. The molecule has 2 aromatic rings. The van der Waals surface area contributed by atoms with Gasteiger partial charge in [0.25, 0.3) is 11.8 Å². The smallest absolute Gasteiger partial charge is 0.335 e. The molecule has 0 saturated carbocycles. The average Bonchev–Trinajstić information content (AvgIpc) is 3.00. The maximum atomic E-state index is 12.7. The second-order valence-corrected chi connectivity index (χ2v) is 5.59. The van der Waals surface area contributed by atoms with Crippen molar-refractivity contribution in [2.45, 2.75) is 13.5 Å². The molecule has 24 heavy (non-hydrogen) atoms. The van der Waals surface area contributed by atoms with Gasteiger partial charge in [-0.1, -0.05) is 11.6 Å². The van der Waals surface area contributed by atoms with Crippen molar-refractivity contribution in [3.8, 4) is 0 Å². The van der Waals surface area contributed by atoms with Crippen molar-refractivity contribution in [3.05, 3.63) is 58.9 Å². The number of imide groups is 2. The molecule has 122 valence electrons. The van der Waals surface area contributed by atoms with Crippen LogP contribution in [-0.2, 0) is 16.1 Å². The van der Waals surface area contributed by atoms with Crippen LogP contribution >= 0.6 is 11.6 Å². The highest BCUT2D eigenvalue weighted by Crippen LogP contribution is 2.23. The van der Waals surface area contributed by atoms with E-state index in [1.807, 2.05) is 23.8 Å². The van der Waals surface area contributed by atoms with Gasteiger partial charge in [0.05, 0.1) is 5.69 Å². The molecule has 6 nitrogen and oxygen atoms in total. The van der Waals surface area contributed by atoms with Crippen LogP contribution in [0.4, 0.5) is 10.5 Å². The lowest BCUT2D eigenvalue weighted by Crippen LogP contribution is -2.54. The number of halogens is 1. The molecule has 7 heteroatoms. The lowest BCUT2D eigenvalue weighted by Gasteiger charge is -2.26. The molecule has 1 N–H and O–H groups in total. The molecule has 0 unspecified atom stereocenters. The Morgan fingerprint density at radius 1 is 1.12 bits per heavy atom. The van der Waals surface area contributed by atoms with Crippen LogP contribution in [-0.4, -0.2) is 22.4 Å². The van der Waals surface area contributed by atoms with Gasteiger partial charge in [-0.15, -0.1) is 0 Å². The second kappa shape index (κ2) is 6.33. The number of aromatic nitrogens is 1. The van der Waals surface area contributed by atoms with Gasteiger partial charge in [0.1, 0.15) is 5.57 Å². The summed E-state index contributed by atoms with van der Waals surface area (Å²) in [6, 6.07) is 9.06. The van der Waals surface area contributed by atoms with Crippen LogP contribution < -0.4 is 10.2 Å². The number of hydrogen-bond acceptors (Lipinski definition) is 3. The molecule has 0 aliphatic carbocycles. The van der Waals surface area contributed by atoms with Crippen molar-refractivity contribution in [2.75, 3.05) is 4.90 Å². The third-order valence-corrected chi connectivity index (χ3v) is 3.94. The van der Waals surface area contributed by atoms with Gasteiger partial charge in [-0.05, 0) is 49.4 Å². The van der Waals surface area contributed by atoms with E-state index in [-0.39, 0.29) is 5.57 Å². The van der Waals surface area contributed by atoms with E-state index < -0.39 is 17.8 Å². The highest BCUT2D eigenvalue weighted by molar-refractivity contribution is 6.39. The predicted molar refractivity (Wildman–Crippen MR) is 90.6 cm³/mol. The van der Waals surface area contributed by atoms with Crippen molar-refractivity contribution < 1.29 is 14.4 Å². The number of barbiturate groups is 1. The van der Waals surface area contributed by atoms with Gasteiger partial charge in [0, 0.05) is 23.5 Å². The Morgan fingerprint density at radius 3 is 2.50 bits per heavy atom. The summed E-state index contributed by atoms with van der Waals surface area (Å²) in [6.45, 7) is 2.65. The Hall–Kier alpha value is -2.86. The average molecular weight is 344 g/mol. The molecule has 0 spiro atoms. The van der Waals surface area contributed by atoms with Crippen LogP contribution in [0.15, 0.2) is 48.2 Å². The van der Waals surface area contributed by atoms with Crippen molar-refractivity contribution in [1.29, 1.82) is 0 Å². The molecule has 0 radical (unpaired) electrons. The number of aryl methyl sites for hydroxylation is 1. The maximum Gasteiger partial charge on any atom is 0.335 e. The number of amides is 4. The van der Waals surface area contributed by atoms with Crippen molar-refractivity contribution >= 4 is 41.2 Å². The van der Waals surface area contributed by atoms with E-state index in [4.69, 9.17) is 11.6 Å². The molecule has 1 aliphatic rings. The number of carbonyl (C=O) groups is 3. The van der Waals surface area contributed by atoms with Crippen LogP contribution in [0.3, 0.4) is 0 Å². The van der Waals surface area contributed by atoms with E-state index in [1.165, 1.54) is 6.08 Å². The van der Waals surface area contributed by atoms with Gasteiger partial charge in [0.2, 0.25) is 0 Å². The quantitative estimate of drug-likeness (QED) is 0.688. The summed E-state index contributed by atoms with van der Waals surface area (Å²) in [7, 11) is 0. The molecule has 1 aromatic heterocycles. The van der Waals surface area contributed by atoms with E-state index >= 15 is 0 Å². The van der Waals surface area contributed by atoms with Crippen molar-refractivity contribution in [2.24, 2.45) is 0 Å². The summed E-state index contributed by atoms with van der Waals surface area (Å²) >= 11 is 5.83. The van der Waals surface area contributed by atoms with Crippen LogP contribution in [0, 0.1) is 0 Å². The number of urea groups is 1. The monoisotopic (exact) mass is 343 g/mol. The zero-order valence-electron chi connectivity index (χ0n) is 12.8. The molecular weight excluding hydrogens is 330 g/mol. The third-order valence-electron chi connectivity index (χ3n) is 3.68. The number of rotatable bonds is 3. The summed E-state index contributed by atoms with van der Waals surface area (Å²) in [5.41, 5.74) is 0.950. The van der Waals surface area contributed by atoms with Gasteiger partial charge in [0.15, 0.2) is 0 Å². The standard InChI is InChI=1S/C17H14ClN3O3/c1-2-20-9-3-4-13(20)10-14-15(22)19-17(24)21(16(14)23)12-7-5-11(18)6-8-12/h3-10H,2H2,1H3,(H,19,22,24)/b14-10+. The first-order valence-electron chi connectivity index (χ1n) is 7.33. The Labute approximate surface area is 143 Å². The van der Waals surface area contributed by atoms with Gasteiger partial charge in [-0.3, -0.25) is 14.9 Å². The highest BCUT2D eigenvalue weighted by atomic mass is 35.5. The number of carbonyl (C=O) groups excluding carboxylic acids is 3. The minimum atomic E-state index is -0.782. The fourth-order valence-corrected chi connectivity index (χ4v) is 2.60. The van der Waals surface area contributed by atoms with Gasteiger partial charge < -0.3 is 4.57 Å². The number of hydrogen-bond donors (Lipinski definition) is 1. The van der Waals surface area contributed by atoms with Crippen LogP contribution in [0.1, 0.15) is 12.6 Å². The molecular formula is C17H14ClN3O3. The van der Waals surface area contributed by atoms with Crippen LogP contribution in [0.2, 0.25) is 5.02 Å². The van der Waals surface area contributed by atoms with E-state index in [2.05, 4.69) is 5.32 Å². The number of benzene rings is 1. The first kappa shape index (κ1) is 16.0. The zero-order valence-corrected chi connectivity index (χ0v) is 13.6. The third kappa shape index (κ3) is 2.83. The second-order valence-electron chi connectivity index (χ2n) is 5.15. The van der Waals surface area contributed by atoms with E-state index in [1.54, 1.807) is 30.3 Å². The zero-order chi connectivity index (χ0) is 17.3. The molecule has 4 amide bonds. The predicted octanol–water partition coefficient (Wildman–Crippen LogP) is 2.83. The lowest BCUT2D eigenvalue weighted by molar-refractivity contribution is -0.122. The van der Waals surface area contributed by atoms with Crippen molar-refractivity contribution in [3.63, 3.8) is 0 Å². The summed E-state index contributed by atoms with van der Waals surface area (Å²) in [4.78, 5) is 37.8. The molecule has 3 rings (SSSR count). The largest absolute Gasteiger partial charge is 0.348 e. The summed E-state index contributed by atoms with van der Waals surface area (Å²) in [5.74, 6) is -1.38. The van der Waals surface area contributed by atoms with E-state index in [9.17, 15) is 14.4 Å². The number of nitrogens with one attached hydrogen (secondary N) is 1. The van der Waals surface area contributed by atoms with Gasteiger partial charge in [-0.2, -0.15) is 0 Å². The first-order valence-corrected chi connectivity index (χ1v) is 7.71. The van der Waals surface area contributed by atoms with Crippen LogP contribution in [0.5, 0.6) is 0 Å². The Balaban J connectivity index is 2.01. The normalized spacial score (nSPS) is 16.7. The lowest BCUT2D eigenvalue weighted by atomic mass is 10.1. The van der Waals surface area contributed by atoms with Crippen LogP contribution in [0.25, 0.3) is 6.08 Å². The molecule has 1 saturated heterocycles.